The molecule has 1 N–H and O–H groups in total. The van der Waals surface area contributed by atoms with E-state index < -0.39 is 17.2 Å². The van der Waals surface area contributed by atoms with Gasteiger partial charge in [0.1, 0.15) is 18.2 Å². The zero-order valence-electron chi connectivity index (χ0n) is 20.4. The standard InChI is InChI=1S/C24H33N5O5/c1-23(2,3)34-21(30)25-24(4,5)13-19-26-27-20(33-19)18-12-11-17-14-28(18)22(31)29(17)32-15-16-9-7-6-8-10-16/h6-10,17-18H,11-15H2,1-5H3,(H,25,30). The summed E-state index contributed by atoms with van der Waals surface area (Å²) >= 11 is 0. The molecule has 4 rings (SSSR count). The summed E-state index contributed by atoms with van der Waals surface area (Å²) in [6.07, 6.45) is 1.32. The van der Waals surface area contributed by atoms with Crippen LogP contribution in [0.1, 0.15) is 70.8 Å². The minimum Gasteiger partial charge on any atom is -0.444 e. The number of hydrogen-bond donors (Lipinski definition) is 1. The zero-order valence-corrected chi connectivity index (χ0v) is 20.4. The number of nitrogens with zero attached hydrogens (tertiary/aromatic N) is 4. The predicted octanol–water partition coefficient (Wildman–Crippen LogP) is 3.99. The molecule has 0 radical (unpaired) electrons. The molecule has 3 amide bonds. The van der Waals surface area contributed by atoms with Crippen LogP contribution >= 0.6 is 0 Å². The first-order valence-corrected chi connectivity index (χ1v) is 11.6. The molecule has 0 spiro atoms. The zero-order chi connectivity index (χ0) is 24.5. The Morgan fingerprint density at radius 2 is 1.88 bits per heavy atom. The van der Waals surface area contributed by atoms with Gasteiger partial charge in [0.25, 0.3) is 0 Å². The van der Waals surface area contributed by atoms with Crippen LogP contribution < -0.4 is 5.32 Å². The number of carbonyl (C=O) groups is 2. The van der Waals surface area contributed by atoms with Crippen molar-refractivity contribution < 1.29 is 23.6 Å². The van der Waals surface area contributed by atoms with E-state index in [1.165, 1.54) is 5.06 Å². The highest BCUT2D eigenvalue weighted by Gasteiger charge is 2.47. The number of rotatable bonds is 7. The molecule has 0 saturated carbocycles. The molecule has 10 nitrogen and oxygen atoms in total. The minimum atomic E-state index is -0.657. The van der Waals surface area contributed by atoms with Crippen LogP contribution in [0.3, 0.4) is 0 Å². The third-order valence-corrected chi connectivity index (χ3v) is 5.74. The summed E-state index contributed by atoms with van der Waals surface area (Å²) in [5, 5.41) is 12.7. The molecule has 2 unspecified atom stereocenters. The van der Waals surface area contributed by atoms with Gasteiger partial charge < -0.3 is 19.4 Å². The van der Waals surface area contributed by atoms with Crippen molar-refractivity contribution in [3.63, 3.8) is 0 Å². The molecule has 0 aliphatic carbocycles. The van der Waals surface area contributed by atoms with E-state index in [9.17, 15) is 9.59 Å². The second-order valence-electron chi connectivity index (χ2n) is 10.5. The number of urea groups is 1. The predicted molar refractivity (Wildman–Crippen MR) is 122 cm³/mol. The Hall–Kier alpha value is -3.14. The van der Waals surface area contributed by atoms with Gasteiger partial charge in [0, 0.05) is 18.5 Å². The van der Waals surface area contributed by atoms with E-state index in [2.05, 4.69) is 15.5 Å². The maximum Gasteiger partial charge on any atom is 0.408 e. The molecule has 1 aromatic carbocycles. The van der Waals surface area contributed by atoms with Gasteiger partial charge in [0.05, 0.1) is 6.04 Å². The number of amides is 3. The van der Waals surface area contributed by atoms with Crippen LogP contribution in [0.25, 0.3) is 0 Å². The average Bonchev–Trinajstić information content (AvgIpc) is 3.28. The Kier molecular flexibility index (Phi) is 6.53. The third-order valence-electron chi connectivity index (χ3n) is 5.74. The lowest BCUT2D eigenvalue weighted by Gasteiger charge is -2.28. The summed E-state index contributed by atoms with van der Waals surface area (Å²) in [6, 6.07) is 9.30. The topological polar surface area (TPSA) is 110 Å². The van der Waals surface area contributed by atoms with Crippen LogP contribution in [0.2, 0.25) is 0 Å². The number of aromatic nitrogens is 2. The first-order valence-electron chi connectivity index (χ1n) is 11.6. The van der Waals surface area contributed by atoms with E-state index in [1.54, 1.807) is 4.90 Å². The van der Waals surface area contributed by atoms with E-state index in [0.29, 0.717) is 37.8 Å². The van der Waals surface area contributed by atoms with E-state index in [-0.39, 0.29) is 18.1 Å². The van der Waals surface area contributed by atoms with Crippen molar-refractivity contribution in [1.82, 2.24) is 25.5 Å². The Balaban J connectivity index is 1.36. The highest BCUT2D eigenvalue weighted by molar-refractivity contribution is 5.77. The lowest BCUT2D eigenvalue weighted by atomic mass is 10.0. The molecule has 2 fully saturated rings. The number of benzene rings is 1. The van der Waals surface area contributed by atoms with Crippen LogP contribution in [0.4, 0.5) is 9.59 Å². The van der Waals surface area contributed by atoms with Gasteiger partial charge in [-0.15, -0.1) is 10.2 Å². The van der Waals surface area contributed by atoms with E-state index in [0.717, 1.165) is 12.0 Å². The number of fused-ring (bicyclic) bond motifs is 2. The third kappa shape index (κ3) is 5.67. The van der Waals surface area contributed by atoms with Crippen molar-refractivity contribution >= 4 is 12.1 Å². The van der Waals surface area contributed by atoms with Gasteiger partial charge in [0.15, 0.2) is 0 Å². The fourth-order valence-corrected chi connectivity index (χ4v) is 4.25. The molecule has 2 saturated heterocycles. The van der Waals surface area contributed by atoms with Crippen molar-refractivity contribution in [3.05, 3.63) is 47.7 Å². The SMILES string of the molecule is CC(C)(Cc1nnc(C2CCC3CN2C(=O)N3OCc2ccccc2)o1)NC(=O)OC(C)(C)C. The summed E-state index contributed by atoms with van der Waals surface area (Å²) < 4.78 is 11.3. The molecule has 34 heavy (non-hydrogen) atoms. The number of hydrogen-bond acceptors (Lipinski definition) is 7. The summed E-state index contributed by atoms with van der Waals surface area (Å²) in [4.78, 5) is 32.8. The lowest BCUT2D eigenvalue weighted by Crippen LogP contribution is -2.47. The van der Waals surface area contributed by atoms with Crippen molar-refractivity contribution in [2.24, 2.45) is 0 Å². The number of carbonyl (C=O) groups excluding carboxylic acids is 2. The Labute approximate surface area is 199 Å². The van der Waals surface area contributed by atoms with Crippen LogP contribution in [0.15, 0.2) is 34.7 Å². The van der Waals surface area contributed by atoms with Crippen LogP contribution in [-0.4, -0.2) is 56.0 Å². The molecule has 2 bridgehead atoms. The van der Waals surface area contributed by atoms with Gasteiger partial charge in [-0.25, -0.2) is 9.59 Å². The Bertz CT molecular complexity index is 1020. The van der Waals surface area contributed by atoms with Crippen molar-refractivity contribution in [1.29, 1.82) is 0 Å². The van der Waals surface area contributed by atoms with Gasteiger partial charge in [-0.05, 0) is 53.0 Å². The highest BCUT2D eigenvalue weighted by Crippen LogP contribution is 2.38. The van der Waals surface area contributed by atoms with Gasteiger partial charge in [-0.3, -0.25) is 4.84 Å². The fraction of sp³-hybridized carbons (Fsp3) is 0.583. The summed E-state index contributed by atoms with van der Waals surface area (Å²) in [5.74, 6) is 0.793. The second kappa shape index (κ2) is 9.25. The van der Waals surface area contributed by atoms with E-state index in [1.807, 2.05) is 65.0 Å². The molecule has 1 aromatic heterocycles. The first kappa shape index (κ1) is 24.0. The van der Waals surface area contributed by atoms with Crippen LogP contribution in [-0.2, 0) is 22.6 Å². The van der Waals surface area contributed by atoms with Gasteiger partial charge in [-0.2, -0.15) is 5.06 Å². The van der Waals surface area contributed by atoms with Gasteiger partial charge >= 0.3 is 12.1 Å². The quantitative estimate of drug-likeness (QED) is 0.650. The Morgan fingerprint density at radius 3 is 2.59 bits per heavy atom. The molecule has 10 heteroatoms. The molecule has 2 aliphatic rings. The minimum absolute atomic E-state index is 0.00631. The molecule has 2 aromatic rings. The van der Waals surface area contributed by atoms with Crippen molar-refractivity contribution in [2.75, 3.05) is 6.54 Å². The largest absolute Gasteiger partial charge is 0.444 e. The molecular formula is C24H33N5O5. The normalized spacial score (nSPS) is 20.6. The summed E-state index contributed by atoms with van der Waals surface area (Å²) in [5.41, 5.74) is -0.236. The van der Waals surface area contributed by atoms with Gasteiger partial charge in [0.2, 0.25) is 11.8 Å². The molecule has 184 valence electrons. The summed E-state index contributed by atoms with van der Waals surface area (Å²) in [7, 11) is 0. The monoisotopic (exact) mass is 471 g/mol. The first-order chi connectivity index (χ1) is 16.0. The smallest absolute Gasteiger partial charge is 0.408 e. The maximum absolute atomic E-state index is 13.0. The van der Waals surface area contributed by atoms with Crippen LogP contribution in [0, 0.1) is 0 Å². The molecule has 2 aliphatic heterocycles. The molecule has 3 heterocycles. The van der Waals surface area contributed by atoms with Crippen molar-refractivity contribution in [3.8, 4) is 0 Å². The van der Waals surface area contributed by atoms with Crippen LogP contribution in [0.5, 0.6) is 0 Å². The van der Waals surface area contributed by atoms with E-state index >= 15 is 0 Å². The molecular weight excluding hydrogens is 438 g/mol. The summed E-state index contributed by atoms with van der Waals surface area (Å²) in [6.45, 7) is 10.0. The van der Waals surface area contributed by atoms with E-state index in [4.69, 9.17) is 14.0 Å². The number of ether oxygens (including phenoxy) is 1. The maximum atomic E-state index is 13.0. The van der Waals surface area contributed by atoms with Crippen molar-refractivity contribution in [2.45, 2.75) is 83.7 Å². The average molecular weight is 472 g/mol. The fourth-order valence-electron chi connectivity index (χ4n) is 4.25. The number of nitrogens with one attached hydrogen (secondary N) is 1. The molecule has 2 atom stereocenters. The lowest BCUT2D eigenvalue weighted by molar-refractivity contribution is -0.140. The number of piperidine rings is 1. The van der Waals surface area contributed by atoms with Gasteiger partial charge in [-0.1, -0.05) is 30.3 Å². The highest BCUT2D eigenvalue weighted by atomic mass is 16.7. The Morgan fingerprint density at radius 1 is 1.15 bits per heavy atom. The number of alkyl carbamates (subject to hydrolysis) is 1. The number of hydroxylamine groups is 2. The second-order valence-corrected chi connectivity index (χ2v) is 10.5.